The standard InChI is InChI=1S/C18H17F2N3O/c19-18(20)6-4-13-15(12-3-2-11-5-9-24-14(11)10-12)21-17(22-16(13)18)23-7-1-8-23/h2-3,10H,1,4-9H2. The summed E-state index contributed by atoms with van der Waals surface area (Å²) in [5.41, 5.74) is 3.14. The van der Waals surface area contributed by atoms with Gasteiger partial charge in [-0.15, -0.1) is 0 Å². The zero-order valence-corrected chi connectivity index (χ0v) is 13.2. The van der Waals surface area contributed by atoms with Crippen molar-refractivity contribution < 1.29 is 13.5 Å². The topological polar surface area (TPSA) is 38.2 Å². The number of hydrogen-bond acceptors (Lipinski definition) is 4. The molecule has 0 N–H and O–H groups in total. The third kappa shape index (κ3) is 2.01. The van der Waals surface area contributed by atoms with Gasteiger partial charge in [-0.05, 0) is 24.5 Å². The van der Waals surface area contributed by atoms with E-state index >= 15 is 0 Å². The van der Waals surface area contributed by atoms with Crippen molar-refractivity contribution in [1.82, 2.24) is 9.97 Å². The number of fused-ring (bicyclic) bond motifs is 2. The van der Waals surface area contributed by atoms with Crippen LogP contribution in [0.15, 0.2) is 18.2 Å². The number of halogens is 2. The van der Waals surface area contributed by atoms with E-state index in [-0.39, 0.29) is 12.1 Å². The van der Waals surface area contributed by atoms with E-state index in [9.17, 15) is 8.78 Å². The van der Waals surface area contributed by atoms with Gasteiger partial charge in [-0.3, -0.25) is 0 Å². The van der Waals surface area contributed by atoms with Crippen molar-refractivity contribution >= 4 is 5.95 Å². The molecule has 1 aromatic heterocycles. The van der Waals surface area contributed by atoms with E-state index in [1.54, 1.807) is 0 Å². The molecule has 0 saturated carbocycles. The van der Waals surface area contributed by atoms with Crippen LogP contribution in [-0.2, 0) is 18.8 Å². The summed E-state index contributed by atoms with van der Waals surface area (Å²) in [6, 6.07) is 5.91. The molecule has 0 atom stereocenters. The van der Waals surface area contributed by atoms with Gasteiger partial charge in [0.1, 0.15) is 11.4 Å². The van der Waals surface area contributed by atoms with Crippen LogP contribution in [0.4, 0.5) is 14.7 Å². The molecule has 24 heavy (non-hydrogen) atoms. The summed E-state index contributed by atoms with van der Waals surface area (Å²) >= 11 is 0. The predicted molar refractivity (Wildman–Crippen MR) is 85.7 cm³/mol. The van der Waals surface area contributed by atoms with Gasteiger partial charge in [-0.25, -0.2) is 9.97 Å². The average Bonchev–Trinajstić information content (AvgIpc) is 3.09. The first-order valence-corrected chi connectivity index (χ1v) is 8.42. The lowest BCUT2D eigenvalue weighted by molar-refractivity contribution is -0.00593. The normalized spacial score (nSPS) is 20.3. The Morgan fingerprint density at radius 2 is 2.00 bits per heavy atom. The second kappa shape index (κ2) is 4.88. The predicted octanol–water partition coefficient (Wildman–Crippen LogP) is 3.33. The summed E-state index contributed by atoms with van der Waals surface area (Å²) in [5, 5.41) is 0. The van der Waals surface area contributed by atoms with Gasteiger partial charge in [-0.2, -0.15) is 8.78 Å². The molecule has 3 aliphatic rings. The first kappa shape index (κ1) is 14.1. The summed E-state index contributed by atoms with van der Waals surface area (Å²) < 4.78 is 34.2. The van der Waals surface area contributed by atoms with Gasteiger partial charge in [-0.1, -0.05) is 12.1 Å². The number of nitrogens with zero attached hydrogens (tertiary/aromatic N) is 3. The lowest BCUT2D eigenvalue weighted by Gasteiger charge is -2.31. The Kier molecular flexibility index (Phi) is 2.87. The molecule has 6 heteroatoms. The van der Waals surface area contributed by atoms with Gasteiger partial charge in [0.05, 0.1) is 12.3 Å². The van der Waals surface area contributed by atoms with Gasteiger partial charge >= 0.3 is 0 Å². The second-order valence-corrected chi connectivity index (χ2v) is 6.67. The molecule has 0 bridgehead atoms. The molecule has 1 aliphatic carbocycles. The minimum Gasteiger partial charge on any atom is -0.493 e. The Hall–Kier alpha value is -2.24. The molecule has 124 valence electrons. The van der Waals surface area contributed by atoms with Gasteiger partial charge in [0.15, 0.2) is 0 Å². The quantitative estimate of drug-likeness (QED) is 0.847. The molecule has 2 aromatic rings. The summed E-state index contributed by atoms with van der Waals surface area (Å²) in [6.45, 7) is 2.34. The maximum atomic E-state index is 14.3. The number of aromatic nitrogens is 2. The molecule has 1 aromatic carbocycles. The van der Waals surface area contributed by atoms with Crippen LogP contribution in [-0.4, -0.2) is 29.7 Å². The number of alkyl halides is 2. The fraction of sp³-hybridized carbons (Fsp3) is 0.444. The van der Waals surface area contributed by atoms with E-state index in [4.69, 9.17) is 4.74 Å². The highest BCUT2D eigenvalue weighted by atomic mass is 19.3. The van der Waals surface area contributed by atoms with Gasteiger partial charge in [0.2, 0.25) is 5.95 Å². The van der Waals surface area contributed by atoms with Crippen molar-refractivity contribution in [3.05, 3.63) is 35.0 Å². The van der Waals surface area contributed by atoms with Crippen molar-refractivity contribution in [2.75, 3.05) is 24.6 Å². The maximum absolute atomic E-state index is 14.3. The molecule has 3 heterocycles. The second-order valence-electron chi connectivity index (χ2n) is 6.67. The van der Waals surface area contributed by atoms with E-state index in [0.29, 0.717) is 30.2 Å². The van der Waals surface area contributed by atoms with E-state index in [1.165, 1.54) is 0 Å². The van der Waals surface area contributed by atoms with Crippen molar-refractivity contribution in [3.63, 3.8) is 0 Å². The third-order valence-corrected chi connectivity index (χ3v) is 5.14. The molecule has 2 aliphatic heterocycles. The van der Waals surface area contributed by atoms with Gasteiger partial charge in [0, 0.05) is 37.1 Å². The Morgan fingerprint density at radius 3 is 2.79 bits per heavy atom. The van der Waals surface area contributed by atoms with E-state index in [0.717, 1.165) is 42.8 Å². The zero-order chi connectivity index (χ0) is 16.3. The highest BCUT2D eigenvalue weighted by Gasteiger charge is 2.43. The van der Waals surface area contributed by atoms with Crippen LogP contribution >= 0.6 is 0 Å². The van der Waals surface area contributed by atoms with Crippen LogP contribution in [0.3, 0.4) is 0 Å². The van der Waals surface area contributed by atoms with Crippen LogP contribution in [0.2, 0.25) is 0 Å². The first-order valence-electron chi connectivity index (χ1n) is 8.42. The van der Waals surface area contributed by atoms with E-state index < -0.39 is 5.92 Å². The summed E-state index contributed by atoms with van der Waals surface area (Å²) in [6.07, 6.45) is 2.08. The highest BCUT2D eigenvalue weighted by molar-refractivity contribution is 5.69. The minimum atomic E-state index is -2.86. The molecule has 4 nitrogen and oxygen atoms in total. The maximum Gasteiger partial charge on any atom is 0.290 e. The smallest absolute Gasteiger partial charge is 0.290 e. The SMILES string of the molecule is FC1(F)CCc2c(-c3ccc4c(c3)OCC4)nc(N3CCC3)nc21. The van der Waals surface area contributed by atoms with E-state index in [2.05, 4.69) is 9.97 Å². The molecule has 0 unspecified atom stereocenters. The van der Waals surface area contributed by atoms with Gasteiger partial charge < -0.3 is 9.64 Å². The average molecular weight is 329 g/mol. The van der Waals surface area contributed by atoms with Crippen molar-refractivity contribution in [1.29, 1.82) is 0 Å². The fourth-order valence-corrected chi connectivity index (χ4v) is 3.62. The number of rotatable bonds is 2. The Morgan fingerprint density at radius 1 is 1.12 bits per heavy atom. The zero-order valence-electron chi connectivity index (χ0n) is 13.2. The van der Waals surface area contributed by atoms with Crippen LogP contribution in [0.5, 0.6) is 5.75 Å². The number of ether oxygens (including phenoxy) is 1. The molecular weight excluding hydrogens is 312 g/mol. The fourth-order valence-electron chi connectivity index (χ4n) is 3.62. The molecule has 1 fully saturated rings. The number of anilines is 1. The highest BCUT2D eigenvalue weighted by Crippen LogP contribution is 2.45. The van der Waals surface area contributed by atoms with Crippen LogP contribution in [0, 0.1) is 0 Å². The first-order chi connectivity index (χ1) is 11.6. The largest absolute Gasteiger partial charge is 0.493 e. The third-order valence-electron chi connectivity index (χ3n) is 5.14. The van der Waals surface area contributed by atoms with Gasteiger partial charge in [0.25, 0.3) is 5.92 Å². The van der Waals surface area contributed by atoms with Crippen molar-refractivity contribution in [2.45, 2.75) is 31.6 Å². The Labute approximate surface area is 138 Å². The van der Waals surface area contributed by atoms with Crippen LogP contribution in [0.1, 0.15) is 29.7 Å². The Bertz CT molecular complexity index is 833. The number of benzene rings is 1. The molecule has 5 rings (SSSR count). The Balaban J connectivity index is 1.68. The summed E-state index contributed by atoms with van der Waals surface area (Å²) in [4.78, 5) is 10.8. The molecule has 0 radical (unpaired) electrons. The molecule has 1 saturated heterocycles. The molecule has 0 amide bonds. The van der Waals surface area contributed by atoms with Crippen LogP contribution < -0.4 is 9.64 Å². The molecule has 0 spiro atoms. The number of hydrogen-bond donors (Lipinski definition) is 0. The monoisotopic (exact) mass is 329 g/mol. The van der Waals surface area contributed by atoms with Crippen molar-refractivity contribution in [3.8, 4) is 17.0 Å². The summed E-state index contributed by atoms with van der Waals surface area (Å²) in [5.74, 6) is -1.59. The lowest BCUT2D eigenvalue weighted by atomic mass is 10.0. The lowest BCUT2D eigenvalue weighted by Crippen LogP contribution is -2.38. The van der Waals surface area contributed by atoms with Crippen molar-refractivity contribution in [2.24, 2.45) is 0 Å². The van der Waals surface area contributed by atoms with Crippen LogP contribution in [0.25, 0.3) is 11.3 Å². The van der Waals surface area contributed by atoms with E-state index in [1.807, 2.05) is 23.1 Å². The summed E-state index contributed by atoms with van der Waals surface area (Å²) in [7, 11) is 0. The minimum absolute atomic E-state index is 0.0872. The molecular formula is C18H17F2N3O.